The minimum atomic E-state index is -0.639. The Morgan fingerprint density at radius 3 is 2.55 bits per heavy atom. The largest absolute Gasteiger partial charge is 0.465 e. The summed E-state index contributed by atoms with van der Waals surface area (Å²) in [5.74, 6) is -0.597. The van der Waals surface area contributed by atoms with Gasteiger partial charge in [0.05, 0.1) is 6.61 Å². The number of esters is 1. The van der Waals surface area contributed by atoms with Crippen molar-refractivity contribution in [3.05, 3.63) is 100 Å². The van der Waals surface area contributed by atoms with Crippen LogP contribution in [0.25, 0.3) is 0 Å². The summed E-state index contributed by atoms with van der Waals surface area (Å²) in [4.78, 5) is 16.9. The third-order valence-corrected chi connectivity index (χ3v) is 5.34. The normalized spacial score (nSPS) is 12.9. The second-order valence-corrected chi connectivity index (χ2v) is 7.74. The summed E-state index contributed by atoms with van der Waals surface area (Å²) in [6, 6.07) is 17.4. The van der Waals surface area contributed by atoms with E-state index < -0.39 is 6.04 Å². The third kappa shape index (κ3) is 6.36. The fourth-order valence-corrected chi connectivity index (χ4v) is 3.58. The van der Waals surface area contributed by atoms with Crippen molar-refractivity contribution >= 4 is 17.6 Å². The van der Waals surface area contributed by atoms with Crippen LogP contribution in [0.4, 0.5) is 4.39 Å². The van der Waals surface area contributed by atoms with Gasteiger partial charge >= 0.3 is 5.97 Å². The van der Waals surface area contributed by atoms with Gasteiger partial charge in [0.25, 0.3) is 0 Å². The second kappa shape index (κ2) is 11.0. The molecule has 1 heterocycles. The lowest BCUT2D eigenvalue weighted by atomic mass is 9.96. The van der Waals surface area contributed by atoms with Gasteiger partial charge in [0, 0.05) is 12.2 Å². The summed E-state index contributed by atoms with van der Waals surface area (Å²) in [6.07, 6.45) is 3.13. The summed E-state index contributed by atoms with van der Waals surface area (Å²) in [5.41, 5.74) is 3.32. The lowest BCUT2D eigenvalue weighted by molar-refractivity contribution is -0.146. The van der Waals surface area contributed by atoms with Crippen LogP contribution in [0.5, 0.6) is 0 Å². The van der Waals surface area contributed by atoms with Crippen molar-refractivity contribution in [2.75, 3.05) is 6.61 Å². The van der Waals surface area contributed by atoms with E-state index in [4.69, 9.17) is 16.3 Å². The lowest BCUT2D eigenvalue weighted by Gasteiger charge is -2.26. The summed E-state index contributed by atoms with van der Waals surface area (Å²) >= 11 is 5.89. The average Bonchev–Trinajstić information content (AvgIpc) is 2.78. The van der Waals surface area contributed by atoms with Crippen LogP contribution in [-0.2, 0) is 16.0 Å². The highest BCUT2D eigenvalue weighted by atomic mass is 35.5. The van der Waals surface area contributed by atoms with Crippen molar-refractivity contribution < 1.29 is 13.9 Å². The molecule has 31 heavy (non-hydrogen) atoms. The SMILES string of the molecule is CCOC(=O)C(N[C@H](CCc1ccc(Cl)nc1)c1ccc(F)c(C)c1)c1ccccc1. The second-order valence-electron chi connectivity index (χ2n) is 7.35. The molecule has 0 aliphatic heterocycles. The fourth-order valence-electron chi connectivity index (χ4n) is 3.47. The van der Waals surface area contributed by atoms with Crippen LogP contribution in [-0.4, -0.2) is 17.6 Å². The monoisotopic (exact) mass is 440 g/mol. The molecule has 3 rings (SSSR count). The molecule has 0 spiro atoms. The predicted molar refractivity (Wildman–Crippen MR) is 120 cm³/mol. The number of halogens is 2. The van der Waals surface area contributed by atoms with Crippen LogP contribution >= 0.6 is 11.6 Å². The van der Waals surface area contributed by atoms with Crippen molar-refractivity contribution in [2.45, 2.75) is 38.8 Å². The van der Waals surface area contributed by atoms with Crippen LogP contribution in [0, 0.1) is 12.7 Å². The van der Waals surface area contributed by atoms with Gasteiger partial charge in [0.1, 0.15) is 17.0 Å². The molecule has 2 atom stereocenters. The number of nitrogens with one attached hydrogen (secondary N) is 1. The van der Waals surface area contributed by atoms with Gasteiger partial charge in [-0.15, -0.1) is 0 Å². The Hall–Kier alpha value is -2.76. The van der Waals surface area contributed by atoms with Crippen molar-refractivity contribution in [1.82, 2.24) is 10.3 Å². The highest BCUT2D eigenvalue weighted by molar-refractivity contribution is 6.29. The van der Waals surface area contributed by atoms with Gasteiger partial charge in [0.2, 0.25) is 0 Å². The molecule has 6 heteroatoms. The molecule has 2 aromatic carbocycles. The first-order valence-corrected chi connectivity index (χ1v) is 10.7. The summed E-state index contributed by atoms with van der Waals surface area (Å²) in [6.45, 7) is 3.81. The highest BCUT2D eigenvalue weighted by Gasteiger charge is 2.26. The molecule has 0 fully saturated rings. The Labute approximate surface area is 187 Å². The summed E-state index contributed by atoms with van der Waals surface area (Å²) in [5, 5.41) is 3.90. The van der Waals surface area contributed by atoms with Crippen LogP contribution in [0.1, 0.15) is 47.7 Å². The zero-order valence-electron chi connectivity index (χ0n) is 17.6. The summed E-state index contributed by atoms with van der Waals surface area (Å²) < 4.78 is 19.2. The Kier molecular flexibility index (Phi) is 8.15. The molecule has 0 bridgehead atoms. The Bertz CT molecular complexity index is 996. The minimum Gasteiger partial charge on any atom is -0.465 e. The van der Waals surface area contributed by atoms with Crippen LogP contribution < -0.4 is 5.32 Å². The molecule has 0 aliphatic rings. The van der Waals surface area contributed by atoms with Crippen molar-refractivity contribution in [3.63, 3.8) is 0 Å². The van der Waals surface area contributed by atoms with E-state index in [1.165, 1.54) is 6.07 Å². The molecule has 4 nitrogen and oxygen atoms in total. The van der Waals surface area contributed by atoms with Crippen molar-refractivity contribution in [2.24, 2.45) is 0 Å². The number of rotatable bonds is 9. The molecule has 0 aliphatic carbocycles. The number of hydrogen-bond acceptors (Lipinski definition) is 4. The van der Waals surface area contributed by atoms with E-state index in [2.05, 4.69) is 10.3 Å². The number of carbonyl (C=O) groups excluding carboxylic acids is 1. The van der Waals surface area contributed by atoms with Gasteiger partial charge in [-0.2, -0.15) is 0 Å². The lowest BCUT2D eigenvalue weighted by Crippen LogP contribution is -2.33. The first-order chi connectivity index (χ1) is 15.0. The van der Waals surface area contributed by atoms with Crippen LogP contribution in [0.2, 0.25) is 5.15 Å². The van der Waals surface area contributed by atoms with Gasteiger partial charge in [-0.25, -0.2) is 14.2 Å². The molecule has 0 saturated heterocycles. The maximum atomic E-state index is 13.9. The van der Waals surface area contributed by atoms with Gasteiger partial charge in [-0.1, -0.05) is 60.1 Å². The molecule has 0 saturated carbocycles. The van der Waals surface area contributed by atoms with Gasteiger partial charge in [-0.3, -0.25) is 5.32 Å². The van der Waals surface area contributed by atoms with Crippen LogP contribution in [0.15, 0.2) is 66.9 Å². The number of aryl methyl sites for hydroxylation is 2. The highest BCUT2D eigenvalue weighted by Crippen LogP contribution is 2.26. The topological polar surface area (TPSA) is 51.2 Å². The predicted octanol–water partition coefficient (Wildman–Crippen LogP) is 5.75. The van der Waals surface area contributed by atoms with E-state index >= 15 is 0 Å². The van der Waals surface area contributed by atoms with Gasteiger partial charge < -0.3 is 4.74 Å². The van der Waals surface area contributed by atoms with E-state index in [1.54, 1.807) is 32.2 Å². The quantitative estimate of drug-likeness (QED) is 0.340. The smallest absolute Gasteiger partial charge is 0.327 e. The molecular weight excluding hydrogens is 415 g/mol. The Morgan fingerprint density at radius 2 is 1.90 bits per heavy atom. The van der Waals surface area contributed by atoms with Crippen molar-refractivity contribution in [1.29, 1.82) is 0 Å². The molecule has 1 N–H and O–H groups in total. The molecule has 1 unspecified atom stereocenters. The number of carbonyl (C=O) groups is 1. The number of benzene rings is 2. The Morgan fingerprint density at radius 1 is 1.13 bits per heavy atom. The van der Waals surface area contributed by atoms with E-state index in [-0.39, 0.29) is 17.8 Å². The maximum Gasteiger partial charge on any atom is 0.327 e. The van der Waals surface area contributed by atoms with E-state index in [0.29, 0.717) is 30.2 Å². The number of aromatic nitrogens is 1. The first-order valence-electron chi connectivity index (χ1n) is 10.3. The van der Waals surface area contributed by atoms with Crippen molar-refractivity contribution in [3.8, 4) is 0 Å². The van der Waals surface area contributed by atoms with E-state index in [0.717, 1.165) is 16.7 Å². The molecule has 1 aromatic heterocycles. The number of nitrogens with zero attached hydrogens (tertiary/aromatic N) is 1. The molecule has 3 aromatic rings. The minimum absolute atomic E-state index is 0.204. The fraction of sp³-hybridized carbons (Fsp3) is 0.280. The standard InChI is InChI=1S/C25H26ClFN2O2/c1-3-31-25(30)24(19-7-5-4-6-8-19)29-22(20-11-12-21(27)17(2)15-20)13-9-18-10-14-23(26)28-16-18/h4-8,10-12,14-16,22,24,29H,3,9,13H2,1-2H3/t22-,24?/m1/s1. The zero-order valence-corrected chi connectivity index (χ0v) is 18.4. The molecular formula is C25H26ClFN2O2. The Balaban J connectivity index is 1.89. The van der Waals surface area contributed by atoms with Crippen LogP contribution in [0.3, 0.4) is 0 Å². The zero-order chi connectivity index (χ0) is 22.2. The van der Waals surface area contributed by atoms with E-state index in [1.807, 2.05) is 42.5 Å². The molecule has 162 valence electrons. The first kappa shape index (κ1) is 22.9. The molecule has 0 radical (unpaired) electrons. The van der Waals surface area contributed by atoms with Gasteiger partial charge in [-0.05, 0) is 61.1 Å². The number of hydrogen-bond donors (Lipinski definition) is 1. The van der Waals surface area contributed by atoms with Gasteiger partial charge in [0.15, 0.2) is 0 Å². The maximum absolute atomic E-state index is 13.9. The average molecular weight is 441 g/mol. The third-order valence-electron chi connectivity index (χ3n) is 5.12. The summed E-state index contributed by atoms with van der Waals surface area (Å²) in [7, 11) is 0. The van der Waals surface area contributed by atoms with E-state index in [9.17, 15) is 9.18 Å². The number of ether oxygens (including phenoxy) is 1. The molecule has 0 amide bonds. The number of pyridine rings is 1.